The molecule has 0 aliphatic rings. The van der Waals surface area contributed by atoms with Crippen LogP contribution >= 0.6 is 0 Å². The first-order valence-corrected chi connectivity index (χ1v) is 25.8. The molecular weight excluding hydrogens is 977 g/mol. The molecule has 0 saturated carbocycles. The monoisotopic (exact) mass is 1070 g/mol. The number of hydrogen-bond acceptors (Lipinski definition) is 13. The number of amides is 10. The SMILES string of the molecule is CC[C@H](C)[C@H](NC(=O)[C@H](CCCN=C(N)N)NC(=O)[C@H](CC(C)C)NC(=O)[C@@H](NC(=O)[C@H](CC(N)=O)NC(=O)[C@H](CC(C)C)NC(=O)CNC(=O)[C@H](C)NC(=O)[C@@H](NC(=O)[C@@H](N)C(C)C)[C@@H](C)CC)C(C)C)C(=O)O. The smallest absolute Gasteiger partial charge is 0.326 e. The molecule has 18 N–H and O–H groups in total. The molecule has 0 saturated heterocycles. The summed E-state index contributed by atoms with van der Waals surface area (Å²) in [4.78, 5) is 150. The van der Waals surface area contributed by atoms with E-state index in [4.69, 9.17) is 22.9 Å². The Labute approximate surface area is 441 Å². The third kappa shape index (κ3) is 25.9. The summed E-state index contributed by atoms with van der Waals surface area (Å²) in [7, 11) is 0. The van der Waals surface area contributed by atoms with Crippen molar-refractivity contribution in [3.05, 3.63) is 0 Å². The van der Waals surface area contributed by atoms with Crippen molar-refractivity contribution in [2.24, 2.45) is 63.4 Å². The van der Waals surface area contributed by atoms with Crippen molar-refractivity contribution in [1.82, 2.24) is 47.9 Å². The second kappa shape index (κ2) is 34.1. The molecule has 0 fully saturated rings. The van der Waals surface area contributed by atoms with Gasteiger partial charge in [0.2, 0.25) is 59.1 Å². The summed E-state index contributed by atoms with van der Waals surface area (Å²) in [5, 5.41) is 32.7. The standard InChI is InChI=1S/C49H90N14O12/c1-14-27(11)38(62-45(71)36(51)25(7)8)47(73)56-29(13)40(66)55-22-35(65)57-31(19-23(3)4)42(68)59-33(21-34(50)64)44(70)61-37(26(9)10)46(72)60-32(20-24(5)6)43(69)58-30(17-16-18-54-49(52)53)41(67)63-39(48(74)75)28(12)15-2/h23-33,36-39H,14-22,51H2,1-13H3,(H2,50,64)(H,55,66)(H,56,73)(H,57,65)(H,58,69)(H,59,68)(H,60,72)(H,61,70)(H,62,71)(H,63,67)(H,74,75)(H4,52,53,54)/t27-,28-,29-,30-,31-,32-,33-,36-,37-,38-,39-/m0/s1. The Bertz CT molecular complexity index is 1980. The van der Waals surface area contributed by atoms with Gasteiger partial charge >= 0.3 is 5.97 Å². The number of rotatable bonds is 35. The van der Waals surface area contributed by atoms with Gasteiger partial charge in [-0.1, -0.05) is 95.9 Å². The van der Waals surface area contributed by atoms with Crippen LogP contribution in [-0.2, 0) is 52.7 Å². The lowest BCUT2D eigenvalue weighted by molar-refractivity contribution is -0.144. The third-order valence-electron chi connectivity index (χ3n) is 12.3. The fourth-order valence-corrected chi connectivity index (χ4v) is 7.31. The number of guanidine groups is 1. The number of hydrogen-bond donors (Lipinski definition) is 14. The molecule has 0 aromatic carbocycles. The molecule has 0 unspecified atom stereocenters. The molecule has 0 aromatic heterocycles. The molecule has 26 nitrogen and oxygen atoms in total. The van der Waals surface area contributed by atoms with Crippen LogP contribution in [0.2, 0.25) is 0 Å². The summed E-state index contributed by atoms with van der Waals surface area (Å²) < 4.78 is 0. The summed E-state index contributed by atoms with van der Waals surface area (Å²) in [6.07, 6.45) is 0.478. The summed E-state index contributed by atoms with van der Waals surface area (Å²) in [5.41, 5.74) is 22.3. The van der Waals surface area contributed by atoms with E-state index in [2.05, 4.69) is 52.8 Å². The largest absolute Gasteiger partial charge is 0.480 e. The second-order valence-electron chi connectivity index (χ2n) is 20.7. The van der Waals surface area contributed by atoms with E-state index < -0.39 is 144 Å². The highest BCUT2D eigenvalue weighted by molar-refractivity contribution is 5.99. The van der Waals surface area contributed by atoms with Gasteiger partial charge in [0.15, 0.2) is 5.96 Å². The Morgan fingerprint density at radius 2 is 0.933 bits per heavy atom. The number of nitrogens with two attached hydrogens (primary N) is 4. The number of primary amides is 1. The van der Waals surface area contributed by atoms with Gasteiger partial charge in [0, 0.05) is 6.54 Å². The van der Waals surface area contributed by atoms with Crippen molar-refractivity contribution in [2.75, 3.05) is 13.1 Å². The molecule has 26 heteroatoms. The van der Waals surface area contributed by atoms with Crippen molar-refractivity contribution in [2.45, 2.75) is 189 Å². The summed E-state index contributed by atoms with van der Waals surface area (Å²) in [6, 6.07) is -11.2. The van der Waals surface area contributed by atoms with Gasteiger partial charge in [-0.15, -0.1) is 0 Å². The van der Waals surface area contributed by atoms with Crippen molar-refractivity contribution in [3.8, 4) is 0 Å². The Morgan fingerprint density at radius 1 is 0.493 bits per heavy atom. The van der Waals surface area contributed by atoms with E-state index in [0.29, 0.717) is 12.8 Å². The van der Waals surface area contributed by atoms with Crippen LogP contribution in [0.5, 0.6) is 0 Å². The van der Waals surface area contributed by atoms with E-state index in [1.54, 1.807) is 76.2 Å². The number of carboxylic acid groups (broad SMARTS) is 1. The Hall–Kier alpha value is -6.60. The normalized spacial score (nSPS) is 15.7. The Kier molecular flexibility index (Phi) is 31.1. The van der Waals surface area contributed by atoms with E-state index in [1.807, 2.05) is 6.92 Å². The molecule has 0 rings (SSSR count). The van der Waals surface area contributed by atoms with Crippen molar-refractivity contribution in [3.63, 3.8) is 0 Å². The lowest BCUT2D eigenvalue weighted by Crippen LogP contribution is -2.61. The lowest BCUT2D eigenvalue weighted by atomic mass is 9.96. The van der Waals surface area contributed by atoms with Crippen LogP contribution < -0.4 is 70.8 Å². The van der Waals surface area contributed by atoms with Gasteiger partial charge in [0.1, 0.15) is 48.3 Å². The van der Waals surface area contributed by atoms with Gasteiger partial charge in [0.05, 0.1) is 19.0 Å². The van der Waals surface area contributed by atoms with Crippen LogP contribution in [0, 0.1) is 35.5 Å². The Morgan fingerprint density at radius 3 is 1.40 bits per heavy atom. The molecule has 428 valence electrons. The summed E-state index contributed by atoms with van der Waals surface area (Å²) in [6.45, 7) is 21.6. The molecule has 0 aromatic rings. The number of nitrogens with one attached hydrogen (secondary N) is 9. The van der Waals surface area contributed by atoms with Gasteiger partial charge in [-0.05, 0) is 68.1 Å². The van der Waals surface area contributed by atoms with Gasteiger partial charge in [-0.2, -0.15) is 0 Å². The zero-order valence-corrected chi connectivity index (χ0v) is 46.2. The summed E-state index contributed by atoms with van der Waals surface area (Å²) in [5.74, 6) is -11.6. The van der Waals surface area contributed by atoms with Crippen LogP contribution in [0.4, 0.5) is 0 Å². The van der Waals surface area contributed by atoms with E-state index in [1.165, 1.54) is 6.92 Å². The second-order valence-corrected chi connectivity index (χ2v) is 20.7. The van der Waals surface area contributed by atoms with E-state index in [-0.39, 0.29) is 61.9 Å². The third-order valence-corrected chi connectivity index (χ3v) is 12.3. The maximum Gasteiger partial charge on any atom is 0.326 e. The van der Waals surface area contributed by atoms with Crippen molar-refractivity contribution in [1.29, 1.82) is 0 Å². The fourth-order valence-electron chi connectivity index (χ4n) is 7.31. The van der Waals surface area contributed by atoms with Crippen molar-refractivity contribution >= 4 is 71.0 Å². The minimum atomic E-state index is -1.66. The average Bonchev–Trinajstić information content (AvgIpc) is 3.31. The molecule has 11 atom stereocenters. The number of carbonyl (C=O) groups is 11. The number of aliphatic imine (C=N–C) groups is 1. The topological polar surface area (TPSA) is 433 Å². The van der Waals surface area contributed by atoms with E-state index in [0.717, 1.165) is 0 Å². The lowest BCUT2D eigenvalue weighted by Gasteiger charge is -2.29. The van der Waals surface area contributed by atoms with Crippen LogP contribution in [0.1, 0.15) is 135 Å². The first-order chi connectivity index (χ1) is 34.8. The molecule has 0 bridgehead atoms. The fraction of sp³-hybridized carbons (Fsp3) is 0.755. The molecular formula is C49H90N14O12. The zero-order chi connectivity index (χ0) is 58.0. The maximum absolute atomic E-state index is 14.0. The maximum atomic E-state index is 14.0. The number of nitrogens with zero attached hydrogens (tertiary/aromatic N) is 1. The predicted octanol–water partition coefficient (Wildman–Crippen LogP) is -2.16. The van der Waals surface area contributed by atoms with Crippen LogP contribution in [0.25, 0.3) is 0 Å². The van der Waals surface area contributed by atoms with Gasteiger partial charge in [0.25, 0.3) is 0 Å². The van der Waals surface area contributed by atoms with E-state index in [9.17, 15) is 57.8 Å². The minimum absolute atomic E-state index is 0.0157. The molecule has 0 radical (unpaired) electrons. The number of carboxylic acids is 1. The van der Waals surface area contributed by atoms with Gasteiger partial charge < -0.3 is 75.9 Å². The zero-order valence-electron chi connectivity index (χ0n) is 46.2. The minimum Gasteiger partial charge on any atom is -0.480 e. The first kappa shape index (κ1) is 68.4. The molecule has 0 aliphatic carbocycles. The first-order valence-electron chi connectivity index (χ1n) is 25.8. The van der Waals surface area contributed by atoms with Crippen LogP contribution in [0.3, 0.4) is 0 Å². The molecule has 0 heterocycles. The highest BCUT2D eigenvalue weighted by Crippen LogP contribution is 2.14. The molecule has 10 amide bonds. The highest BCUT2D eigenvalue weighted by Gasteiger charge is 2.36. The average molecular weight is 1070 g/mol. The molecule has 0 spiro atoms. The molecule has 75 heavy (non-hydrogen) atoms. The number of aliphatic carboxylic acids is 1. The summed E-state index contributed by atoms with van der Waals surface area (Å²) >= 11 is 0. The predicted molar refractivity (Wildman–Crippen MR) is 281 cm³/mol. The highest BCUT2D eigenvalue weighted by atomic mass is 16.4. The van der Waals surface area contributed by atoms with E-state index >= 15 is 0 Å². The number of carbonyl (C=O) groups excluding carboxylic acids is 10. The van der Waals surface area contributed by atoms with Crippen molar-refractivity contribution < 1.29 is 57.8 Å². The van der Waals surface area contributed by atoms with Crippen LogP contribution in [-0.4, -0.2) is 144 Å². The van der Waals surface area contributed by atoms with Crippen LogP contribution in [0.15, 0.2) is 4.99 Å². The molecule has 0 aliphatic heterocycles. The Balaban J connectivity index is 6.30. The van der Waals surface area contributed by atoms with Gasteiger partial charge in [-0.3, -0.25) is 52.9 Å². The van der Waals surface area contributed by atoms with Gasteiger partial charge in [-0.25, -0.2) is 4.79 Å². The quantitative estimate of drug-likeness (QED) is 0.0183.